The summed E-state index contributed by atoms with van der Waals surface area (Å²) in [6.45, 7) is 7.43. The minimum absolute atomic E-state index is 0.0301. The molecule has 0 radical (unpaired) electrons. The summed E-state index contributed by atoms with van der Waals surface area (Å²) in [6, 6.07) is 0. The van der Waals surface area contributed by atoms with Crippen molar-refractivity contribution in [2.75, 3.05) is 0 Å². The highest BCUT2D eigenvalue weighted by atomic mass is 16.7. The molecule has 0 saturated heterocycles. The van der Waals surface area contributed by atoms with Crippen LogP contribution < -0.4 is 0 Å². The van der Waals surface area contributed by atoms with Crippen LogP contribution in [-0.4, -0.2) is 28.9 Å². The number of carbonyl (C=O) groups excluding carboxylic acids is 2. The molecular formula is C23H34O5. The SMILES string of the molecule is CC(=O)OC1(OC(C)=O)CC[C@@]2(C)C(=C[C@H](O)[C@H]3[C@@H]4CCC[C@@]4(C)CC[C@@H]32)C1. The zero-order valence-electron chi connectivity index (χ0n) is 17.6. The second-order valence-corrected chi connectivity index (χ2v) is 10.2. The number of rotatable bonds is 2. The van der Waals surface area contributed by atoms with Gasteiger partial charge in [0.25, 0.3) is 5.79 Å². The van der Waals surface area contributed by atoms with Gasteiger partial charge in [0.05, 0.1) is 6.10 Å². The van der Waals surface area contributed by atoms with Crippen molar-refractivity contribution < 1.29 is 24.2 Å². The number of fused-ring (bicyclic) bond motifs is 5. The summed E-state index contributed by atoms with van der Waals surface area (Å²) in [5.41, 5.74) is 1.44. The molecule has 0 aromatic rings. The Morgan fingerprint density at radius 1 is 1.00 bits per heavy atom. The molecule has 4 aliphatic rings. The fourth-order valence-electron chi connectivity index (χ4n) is 7.30. The Hall–Kier alpha value is -1.36. The van der Waals surface area contributed by atoms with Gasteiger partial charge in [-0.3, -0.25) is 9.59 Å². The molecule has 0 unspecified atom stereocenters. The van der Waals surface area contributed by atoms with Crippen LogP contribution in [0.5, 0.6) is 0 Å². The first-order chi connectivity index (χ1) is 13.1. The fourth-order valence-corrected chi connectivity index (χ4v) is 7.30. The lowest BCUT2D eigenvalue weighted by molar-refractivity contribution is -0.239. The Bertz CT molecular complexity index is 696. The maximum absolute atomic E-state index is 11.7. The highest BCUT2D eigenvalue weighted by Gasteiger charge is 2.60. The van der Waals surface area contributed by atoms with Crippen molar-refractivity contribution in [3.8, 4) is 0 Å². The molecule has 28 heavy (non-hydrogen) atoms. The second-order valence-electron chi connectivity index (χ2n) is 10.2. The van der Waals surface area contributed by atoms with E-state index in [1.807, 2.05) is 6.08 Å². The number of esters is 2. The van der Waals surface area contributed by atoms with Crippen LogP contribution >= 0.6 is 0 Å². The molecule has 0 spiro atoms. The Morgan fingerprint density at radius 3 is 2.32 bits per heavy atom. The molecule has 0 aliphatic heterocycles. The Morgan fingerprint density at radius 2 is 1.68 bits per heavy atom. The topological polar surface area (TPSA) is 72.8 Å². The van der Waals surface area contributed by atoms with Gasteiger partial charge in [-0.2, -0.15) is 0 Å². The molecular weight excluding hydrogens is 356 g/mol. The zero-order chi connectivity index (χ0) is 20.3. The van der Waals surface area contributed by atoms with Crippen LogP contribution in [0.15, 0.2) is 11.6 Å². The summed E-state index contributed by atoms with van der Waals surface area (Å²) < 4.78 is 11.1. The standard InChI is InChI=1S/C23H34O5/c1-14(24)27-23(28-15(2)25)11-10-22(4)16(13-23)12-19(26)20-17-6-5-8-21(17,3)9-7-18(20)22/h12,17-20,26H,5-11,13H2,1-4H3/t17-,18-,19-,20-,21-,22-/m0/s1. The van der Waals surface area contributed by atoms with Crippen LogP contribution in [-0.2, 0) is 19.1 Å². The van der Waals surface area contributed by atoms with E-state index in [2.05, 4.69) is 13.8 Å². The van der Waals surface area contributed by atoms with Gasteiger partial charge in [-0.1, -0.05) is 31.9 Å². The van der Waals surface area contributed by atoms with Crippen LogP contribution in [0.3, 0.4) is 0 Å². The molecule has 156 valence electrons. The number of hydrogen-bond donors (Lipinski definition) is 1. The monoisotopic (exact) mass is 390 g/mol. The Labute approximate surface area is 167 Å². The van der Waals surface area contributed by atoms with E-state index in [4.69, 9.17) is 9.47 Å². The molecule has 0 aromatic carbocycles. The lowest BCUT2D eigenvalue weighted by Crippen LogP contribution is -2.56. The number of aliphatic hydroxyl groups excluding tert-OH is 1. The first kappa shape index (κ1) is 19.9. The van der Waals surface area contributed by atoms with Crippen molar-refractivity contribution >= 4 is 11.9 Å². The Balaban J connectivity index is 1.68. The van der Waals surface area contributed by atoms with E-state index in [-0.39, 0.29) is 5.41 Å². The van der Waals surface area contributed by atoms with Crippen molar-refractivity contribution in [3.05, 3.63) is 11.6 Å². The van der Waals surface area contributed by atoms with Gasteiger partial charge in [-0.05, 0) is 60.7 Å². The smallest absolute Gasteiger partial charge is 0.305 e. The first-order valence-corrected chi connectivity index (χ1v) is 10.9. The molecule has 0 aromatic heterocycles. The molecule has 4 aliphatic carbocycles. The van der Waals surface area contributed by atoms with Gasteiger partial charge in [-0.15, -0.1) is 0 Å². The van der Waals surface area contributed by atoms with Gasteiger partial charge in [0.2, 0.25) is 0 Å². The predicted octanol–water partition coefficient (Wildman–Crippen LogP) is 4.13. The molecule has 5 heteroatoms. The van der Waals surface area contributed by atoms with E-state index in [9.17, 15) is 14.7 Å². The minimum atomic E-state index is -1.23. The van der Waals surface area contributed by atoms with Gasteiger partial charge < -0.3 is 14.6 Å². The number of hydrogen-bond acceptors (Lipinski definition) is 5. The van der Waals surface area contributed by atoms with Gasteiger partial charge in [0.1, 0.15) is 0 Å². The zero-order valence-corrected chi connectivity index (χ0v) is 17.6. The van der Waals surface area contributed by atoms with E-state index in [0.717, 1.165) is 18.4 Å². The molecule has 1 N–H and O–H groups in total. The van der Waals surface area contributed by atoms with E-state index in [1.165, 1.54) is 39.5 Å². The molecule has 4 rings (SSSR count). The largest absolute Gasteiger partial charge is 0.422 e. The van der Waals surface area contributed by atoms with E-state index in [1.54, 1.807) is 0 Å². The van der Waals surface area contributed by atoms with Crippen LogP contribution in [0.25, 0.3) is 0 Å². The average molecular weight is 391 g/mol. The normalized spacial score (nSPS) is 43.8. The van der Waals surface area contributed by atoms with Crippen molar-refractivity contribution in [3.63, 3.8) is 0 Å². The fraction of sp³-hybridized carbons (Fsp3) is 0.826. The van der Waals surface area contributed by atoms with Crippen LogP contribution in [0.4, 0.5) is 0 Å². The third kappa shape index (κ3) is 3.01. The lowest BCUT2D eigenvalue weighted by Gasteiger charge is -2.59. The summed E-state index contributed by atoms with van der Waals surface area (Å²) in [5.74, 6) is -0.787. The number of carbonyl (C=O) groups is 2. The summed E-state index contributed by atoms with van der Waals surface area (Å²) in [5, 5.41) is 11.2. The van der Waals surface area contributed by atoms with Crippen molar-refractivity contribution in [1.29, 1.82) is 0 Å². The molecule has 0 amide bonds. The van der Waals surface area contributed by atoms with Crippen LogP contribution in [0.2, 0.25) is 0 Å². The molecule has 5 nitrogen and oxygen atoms in total. The number of aliphatic hydroxyl groups is 1. The quantitative estimate of drug-likeness (QED) is 0.436. The summed E-state index contributed by atoms with van der Waals surface area (Å²) in [7, 11) is 0. The third-order valence-electron chi connectivity index (χ3n) is 8.58. The predicted molar refractivity (Wildman–Crippen MR) is 104 cm³/mol. The molecule has 0 heterocycles. The summed E-state index contributed by atoms with van der Waals surface area (Å²) in [6.07, 6.45) is 9.36. The molecule has 3 saturated carbocycles. The third-order valence-corrected chi connectivity index (χ3v) is 8.58. The van der Waals surface area contributed by atoms with Crippen LogP contribution in [0.1, 0.15) is 79.1 Å². The maximum atomic E-state index is 11.7. The summed E-state index contributed by atoms with van der Waals surface area (Å²) in [4.78, 5) is 23.4. The van der Waals surface area contributed by atoms with E-state index >= 15 is 0 Å². The molecule has 3 fully saturated rings. The van der Waals surface area contributed by atoms with Gasteiger partial charge in [0, 0.05) is 26.7 Å². The summed E-state index contributed by atoms with van der Waals surface area (Å²) >= 11 is 0. The van der Waals surface area contributed by atoms with Gasteiger partial charge in [-0.25, -0.2) is 0 Å². The average Bonchev–Trinajstić information content (AvgIpc) is 2.97. The maximum Gasteiger partial charge on any atom is 0.305 e. The molecule has 6 atom stereocenters. The minimum Gasteiger partial charge on any atom is -0.422 e. The molecule has 0 bridgehead atoms. The van der Waals surface area contributed by atoms with Gasteiger partial charge >= 0.3 is 11.9 Å². The first-order valence-electron chi connectivity index (χ1n) is 10.9. The highest BCUT2D eigenvalue weighted by molar-refractivity contribution is 5.69. The Kier molecular flexibility index (Phi) is 4.68. The van der Waals surface area contributed by atoms with Crippen LogP contribution in [0, 0.1) is 28.6 Å². The second kappa shape index (κ2) is 6.58. The van der Waals surface area contributed by atoms with Crippen molar-refractivity contribution in [1.82, 2.24) is 0 Å². The number of ether oxygens (including phenoxy) is 2. The van der Waals surface area contributed by atoms with E-state index in [0.29, 0.717) is 36.0 Å². The highest BCUT2D eigenvalue weighted by Crippen LogP contribution is 2.65. The van der Waals surface area contributed by atoms with Crippen molar-refractivity contribution in [2.45, 2.75) is 91.0 Å². The van der Waals surface area contributed by atoms with E-state index < -0.39 is 23.8 Å². The van der Waals surface area contributed by atoms with Crippen molar-refractivity contribution in [2.24, 2.45) is 28.6 Å². The lowest BCUT2D eigenvalue weighted by atomic mass is 9.47. The van der Waals surface area contributed by atoms with Gasteiger partial charge in [0.15, 0.2) is 0 Å².